The number of amidine groups is 1. The molecule has 4 rings (SSSR count). The lowest BCUT2D eigenvalue weighted by atomic mass is 10.0. The summed E-state index contributed by atoms with van der Waals surface area (Å²) >= 11 is 0. The second-order valence-electron chi connectivity index (χ2n) is 9.25. The summed E-state index contributed by atoms with van der Waals surface area (Å²) in [4.78, 5) is 31.5. The van der Waals surface area contributed by atoms with Crippen molar-refractivity contribution >= 4 is 49.1 Å². The summed E-state index contributed by atoms with van der Waals surface area (Å²) in [7, 11) is -7.90. The van der Waals surface area contributed by atoms with Gasteiger partial charge in [-0.25, -0.2) is 12.8 Å². The van der Waals surface area contributed by atoms with Gasteiger partial charge in [0.15, 0.2) is 0 Å². The molecule has 2 heterocycles. The number of carbonyl (C=O) groups is 2. The Labute approximate surface area is 225 Å². The highest BCUT2D eigenvalue weighted by Gasteiger charge is 2.40. The van der Waals surface area contributed by atoms with Gasteiger partial charge in [-0.3, -0.25) is 19.3 Å². The standard InChI is InChI=1S/C24H28FN5O7S2/c1-3-37-24(32)18-5-4-6-20(18)30(14-17-8-7-15(25)13-26-17)23(31)12-22-27-19-10-9-16(28-38(2,33)34)11-21(19)39(35,36)29-22/h7-11,13,18,20,28H,3-6,12,14H2,1-2H3,(H,27,29)/t18-,20+/m1/s1. The van der Waals surface area contributed by atoms with E-state index in [-0.39, 0.29) is 35.3 Å². The van der Waals surface area contributed by atoms with Gasteiger partial charge in [0.1, 0.15) is 16.5 Å². The third-order valence-electron chi connectivity index (χ3n) is 6.30. The van der Waals surface area contributed by atoms with E-state index in [0.717, 1.165) is 18.5 Å². The first-order valence-corrected chi connectivity index (χ1v) is 15.5. The lowest BCUT2D eigenvalue weighted by molar-refractivity contribution is -0.151. The van der Waals surface area contributed by atoms with Crippen molar-refractivity contribution < 1.29 is 35.6 Å². The maximum atomic E-state index is 13.6. The number of nitrogens with zero attached hydrogens (tertiary/aromatic N) is 3. The van der Waals surface area contributed by atoms with E-state index in [1.54, 1.807) is 6.92 Å². The zero-order valence-electron chi connectivity index (χ0n) is 21.3. The zero-order chi connectivity index (χ0) is 28.4. The Hall–Kier alpha value is -3.59. The second-order valence-corrected chi connectivity index (χ2v) is 12.6. The molecule has 39 heavy (non-hydrogen) atoms. The first kappa shape index (κ1) is 28.4. The van der Waals surface area contributed by atoms with E-state index in [2.05, 4.69) is 19.4 Å². The first-order chi connectivity index (χ1) is 18.4. The van der Waals surface area contributed by atoms with Crippen LogP contribution in [-0.2, 0) is 40.9 Å². The van der Waals surface area contributed by atoms with Gasteiger partial charge in [0, 0.05) is 11.7 Å². The molecule has 2 N–H and O–H groups in total. The van der Waals surface area contributed by atoms with Crippen molar-refractivity contribution in [2.45, 2.75) is 50.1 Å². The molecule has 15 heteroatoms. The lowest BCUT2D eigenvalue weighted by Gasteiger charge is -2.32. The molecule has 0 radical (unpaired) electrons. The van der Waals surface area contributed by atoms with Gasteiger partial charge in [-0.2, -0.15) is 8.42 Å². The van der Waals surface area contributed by atoms with Crippen LogP contribution in [-0.4, -0.2) is 63.3 Å². The second kappa shape index (κ2) is 11.3. The third-order valence-corrected chi connectivity index (χ3v) is 8.26. The Bertz CT molecular complexity index is 1510. The molecular formula is C24H28FN5O7S2. The van der Waals surface area contributed by atoms with Crippen LogP contribution in [0.4, 0.5) is 15.8 Å². The van der Waals surface area contributed by atoms with Crippen LogP contribution in [0.2, 0.25) is 0 Å². The minimum atomic E-state index is -4.26. The highest BCUT2D eigenvalue weighted by Crippen LogP contribution is 2.34. The molecule has 1 fully saturated rings. The average molecular weight is 582 g/mol. The van der Waals surface area contributed by atoms with E-state index >= 15 is 0 Å². The number of pyridine rings is 1. The van der Waals surface area contributed by atoms with Crippen molar-refractivity contribution in [3.63, 3.8) is 0 Å². The number of ether oxygens (including phenoxy) is 1. The molecule has 0 bridgehead atoms. The summed E-state index contributed by atoms with van der Waals surface area (Å²) in [6, 6.07) is 6.00. The Morgan fingerprint density at radius 2 is 2.00 bits per heavy atom. The maximum Gasteiger partial charge on any atom is 0.311 e. The fourth-order valence-corrected chi connectivity index (χ4v) is 6.44. The van der Waals surface area contributed by atoms with E-state index in [1.165, 1.54) is 29.2 Å². The number of carbonyl (C=O) groups excluding carboxylic acids is 2. The maximum absolute atomic E-state index is 13.6. The van der Waals surface area contributed by atoms with Crippen LogP contribution < -0.4 is 10.0 Å². The molecule has 210 valence electrons. The van der Waals surface area contributed by atoms with Crippen molar-refractivity contribution in [2.24, 2.45) is 10.3 Å². The Balaban J connectivity index is 1.60. The lowest BCUT2D eigenvalue weighted by Crippen LogP contribution is -2.45. The van der Waals surface area contributed by atoms with E-state index in [9.17, 15) is 30.8 Å². The molecule has 1 aliphatic carbocycles. The molecule has 0 saturated heterocycles. The number of anilines is 2. The van der Waals surface area contributed by atoms with Crippen LogP contribution in [0, 0.1) is 11.7 Å². The monoisotopic (exact) mass is 581 g/mol. The predicted octanol–water partition coefficient (Wildman–Crippen LogP) is 2.26. The van der Waals surface area contributed by atoms with Gasteiger partial charge in [0.05, 0.1) is 49.3 Å². The van der Waals surface area contributed by atoms with Crippen molar-refractivity contribution in [1.29, 1.82) is 0 Å². The quantitative estimate of drug-likeness (QED) is 0.423. The third kappa shape index (κ3) is 6.89. The Kier molecular flexibility index (Phi) is 8.20. The summed E-state index contributed by atoms with van der Waals surface area (Å²) in [5.74, 6) is -2.18. The molecule has 1 saturated carbocycles. The molecule has 2 aliphatic rings. The number of aromatic nitrogens is 1. The van der Waals surface area contributed by atoms with Crippen molar-refractivity contribution in [1.82, 2.24) is 9.88 Å². The molecule has 2 atom stereocenters. The number of esters is 1. The number of hydrogen-bond acceptors (Lipinski definition) is 9. The SMILES string of the molecule is CCOC(=O)[C@@H]1CCC[C@@H]1N(Cc1ccc(F)cn1)C(=O)CC1=NS(=O)(=O)c2cc(NS(C)(=O)=O)ccc2N1. The number of nitrogens with one attached hydrogen (secondary N) is 2. The summed E-state index contributed by atoms with van der Waals surface area (Å²) in [5, 5.41) is 2.83. The summed E-state index contributed by atoms with van der Waals surface area (Å²) < 4.78 is 73.5. The van der Waals surface area contributed by atoms with Gasteiger partial charge in [-0.1, -0.05) is 6.42 Å². The van der Waals surface area contributed by atoms with Crippen LogP contribution in [0.15, 0.2) is 45.8 Å². The van der Waals surface area contributed by atoms with E-state index in [0.29, 0.717) is 25.0 Å². The molecule has 0 unspecified atom stereocenters. The number of rotatable bonds is 9. The number of benzene rings is 1. The number of halogens is 1. The number of amides is 1. The fraction of sp³-hybridized carbons (Fsp3) is 0.417. The van der Waals surface area contributed by atoms with Gasteiger partial charge in [-0.05, 0) is 50.1 Å². The van der Waals surface area contributed by atoms with Gasteiger partial charge < -0.3 is 15.0 Å². The first-order valence-electron chi connectivity index (χ1n) is 12.2. The minimum absolute atomic E-state index is 0.0309. The summed E-state index contributed by atoms with van der Waals surface area (Å²) in [6.07, 6.45) is 3.25. The van der Waals surface area contributed by atoms with E-state index < -0.39 is 56.1 Å². The van der Waals surface area contributed by atoms with Gasteiger partial charge >= 0.3 is 5.97 Å². The molecular weight excluding hydrogens is 553 g/mol. The molecule has 0 spiro atoms. The van der Waals surface area contributed by atoms with Crippen LogP contribution in [0.3, 0.4) is 0 Å². The molecule has 1 aromatic carbocycles. The van der Waals surface area contributed by atoms with Gasteiger partial charge in [-0.15, -0.1) is 4.40 Å². The normalized spacial score (nSPS) is 19.8. The highest BCUT2D eigenvalue weighted by atomic mass is 32.2. The number of fused-ring (bicyclic) bond motifs is 1. The molecule has 1 aromatic heterocycles. The predicted molar refractivity (Wildman–Crippen MR) is 140 cm³/mol. The fourth-order valence-electron chi connectivity index (χ4n) is 4.71. The average Bonchev–Trinajstić information content (AvgIpc) is 3.32. The Morgan fingerprint density at radius 1 is 1.23 bits per heavy atom. The number of sulfonamides is 2. The van der Waals surface area contributed by atoms with Crippen LogP contribution >= 0.6 is 0 Å². The highest BCUT2D eigenvalue weighted by molar-refractivity contribution is 7.92. The largest absolute Gasteiger partial charge is 0.466 e. The van der Waals surface area contributed by atoms with E-state index in [4.69, 9.17) is 4.74 Å². The van der Waals surface area contributed by atoms with Crippen LogP contribution in [0.25, 0.3) is 0 Å². The zero-order valence-corrected chi connectivity index (χ0v) is 22.9. The molecule has 12 nitrogen and oxygen atoms in total. The van der Waals surface area contributed by atoms with Crippen LogP contribution in [0.1, 0.15) is 38.3 Å². The topological polar surface area (TPSA) is 164 Å². The smallest absolute Gasteiger partial charge is 0.311 e. The van der Waals surface area contributed by atoms with Crippen LogP contribution in [0.5, 0.6) is 0 Å². The molecule has 2 aromatic rings. The summed E-state index contributed by atoms with van der Waals surface area (Å²) in [6.45, 7) is 1.85. The minimum Gasteiger partial charge on any atom is -0.466 e. The molecule has 1 aliphatic heterocycles. The van der Waals surface area contributed by atoms with Crippen molar-refractivity contribution in [2.75, 3.05) is 22.9 Å². The van der Waals surface area contributed by atoms with E-state index in [1.807, 2.05) is 0 Å². The Morgan fingerprint density at radius 3 is 2.67 bits per heavy atom. The van der Waals surface area contributed by atoms with Crippen molar-refractivity contribution in [3.8, 4) is 0 Å². The molecule has 1 amide bonds. The van der Waals surface area contributed by atoms with Gasteiger partial charge in [0.2, 0.25) is 15.9 Å². The van der Waals surface area contributed by atoms with Gasteiger partial charge in [0.25, 0.3) is 10.0 Å². The van der Waals surface area contributed by atoms with Crippen molar-refractivity contribution in [3.05, 3.63) is 48.0 Å². The summed E-state index contributed by atoms with van der Waals surface area (Å²) in [5.41, 5.74) is 0.561. The number of hydrogen-bond donors (Lipinski definition) is 2.